The summed E-state index contributed by atoms with van der Waals surface area (Å²) in [6.45, 7) is 7.02. The Bertz CT molecular complexity index is 1650. The monoisotopic (exact) mass is 542 g/mol. The molecule has 1 aliphatic rings. The molecule has 11 heteroatoms. The van der Waals surface area contributed by atoms with Crippen LogP contribution in [0.3, 0.4) is 0 Å². The van der Waals surface area contributed by atoms with Crippen molar-refractivity contribution in [3.05, 3.63) is 82.1 Å². The summed E-state index contributed by atoms with van der Waals surface area (Å²) in [5.41, 5.74) is 9.64. The van der Waals surface area contributed by atoms with Crippen molar-refractivity contribution in [2.24, 2.45) is 0 Å². The highest BCUT2D eigenvalue weighted by Crippen LogP contribution is 2.22. The summed E-state index contributed by atoms with van der Waals surface area (Å²) in [6.07, 6.45) is 4.38. The zero-order valence-corrected chi connectivity index (χ0v) is 22.4. The normalized spacial score (nSPS) is 14.1. The molecule has 0 aliphatic carbocycles. The average Bonchev–Trinajstić information content (AvgIpc) is 2.93. The van der Waals surface area contributed by atoms with E-state index >= 15 is 0 Å². The lowest BCUT2D eigenvalue weighted by molar-refractivity contribution is 0.102. The van der Waals surface area contributed by atoms with Gasteiger partial charge in [0.15, 0.2) is 5.82 Å². The number of likely N-dealkylation sites (N-methyl/N-ethyl adjacent to an activating group) is 1. The van der Waals surface area contributed by atoms with Gasteiger partial charge < -0.3 is 16.0 Å². The van der Waals surface area contributed by atoms with Gasteiger partial charge in [0.25, 0.3) is 5.91 Å². The number of halogens is 2. The zero-order valence-electron chi connectivity index (χ0n) is 22.4. The van der Waals surface area contributed by atoms with Gasteiger partial charge in [-0.2, -0.15) is 0 Å². The summed E-state index contributed by atoms with van der Waals surface area (Å²) >= 11 is 0. The molecule has 4 aromatic rings. The van der Waals surface area contributed by atoms with Gasteiger partial charge in [0.05, 0.1) is 22.5 Å². The fraction of sp³-hybridized carbons (Fsp3) is 0.276. The second kappa shape index (κ2) is 11.3. The lowest BCUT2D eigenvalue weighted by atomic mass is 10.1. The molecule has 1 aliphatic heterocycles. The van der Waals surface area contributed by atoms with E-state index in [0.717, 1.165) is 49.7 Å². The second-order valence-corrected chi connectivity index (χ2v) is 9.81. The van der Waals surface area contributed by atoms with Crippen molar-refractivity contribution in [1.29, 1.82) is 0 Å². The molecule has 0 unspecified atom stereocenters. The Kier molecular flexibility index (Phi) is 7.64. The predicted molar refractivity (Wildman–Crippen MR) is 149 cm³/mol. The van der Waals surface area contributed by atoms with E-state index < -0.39 is 17.5 Å². The number of nitrogen functional groups attached to an aromatic ring is 1. The number of pyridine rings is 2. The largest absolute Gasteiger partial charge is 0.382 e. The molecular formula is C29H28F2N8O. The molecule has 5 rings (SSSR count). The van der Waals surface area contributed by atoms with Gasteiger partial charge in [-0.25, -0.2) is 23.7 Å². The van der Waals surface area contributed by atoms with Crippen LogP contribution in [-0.2, 0) is 6.54 Å². The van der Waals surface area contributed by atoms with E-state index in [1.165, 1.54) is 24.7 Å². The number of aromatic nitrogens is 4. The van der Waals surface area contributed by atoms with E-state index in [1.807, 2.05) is 25.8 Å². The van der Waals surface area contributed by atoms with Gasteiger partial charge in [0.2, 0.25) is 0 Å². The second-order valence-electron chi connectivity index (χ2n) is 9.81. The minimum Gasteiger partial charge on any atom is -0.382 e. The van der Waals surface area contributed by atoms with Gasteiger partial charge in [-0.15, -0.1) is 0 Å². The molecule has 9 nitrogen and oxygen atoms in total. The fourth-order valence-electron chi connectivity index (χ4n) is 4.35. The van der Waals surface area contributed by atoms with E-state index in [-0.39, 0.29) is 29.2 Å². The number of benzene rings is 1. The molecule has 3 aromatic heterocycles. The number of fused-ring (bicyclic) bond motifs is 1. The molecule has 0 saturated carbocycles. The van der Waals surface area contributed by atoms with Crippen LogP contribution in [0.15, 0.2) is 36.8 Å². The van der Waals surface area contributed by atoms with Crippen molar-refractivity contribution in [2.75, 3.05) is 44.3 Å². The van der Waals surface area contributed by atoms with Crippen LogP contribution in [0.2, 0.25) is 0 Å². The van der Waals surface area contributed by atoms with Crippen molar-refractivity contribution < 1.29 is 13.6 Å². The summed E-state index contributed by atoms with van der Waals surface area (Å²) in [5, 5.41) is 2.55. The number of carbonyl (C=O) groups excluding carboxylic acids is 1. The van der Waals surface area contributed by atoms with Gasteiger partial charge in [-0.05, 0) is 39.1 Å². The highest BCUT2D eigenvalue weighted by molar-refractivity contribution is 6.04. The number of rotatable bonds is 4. The molecule has 1 amide bonds. The number of nitrogens with one attached hydrogen (secondary N) is 1. The van der Waals surface area contributed by atoms with Crippen LogP contribution < -0.4 is 11.1 Å². The van der Waals surface area contributed by atoms with Crippen molar-refractivity contribution in [3.63, 3.8) is 0 Å². The molecule has 1 saturated heterocycles. The first-order valence-corrected chi connectivity index (χ1v) is 12.7. The number of hydrogen-bond acceptors (Lipinski definition) is 8. The quantitative estimate of drug-likeness (QED) is 0.378. The number of piperazine rings is 1. The van der Waals surface area contributed by atoms with Crippen molar-refractivity contribution in [3.8, 4) is 11.8 Å². The summed E-state index contributed by atoms with van der Waals surface area (Å²) in [7, 11) is 2.02. The first-order valence-electron chi connectivity index (χ1n) is 12.7. The number of nitrogens with two attached hydrogens (primary N) is 1. The molecule has 1 fully saturated rings. The van der Waals surface area contributed by atoms with Gasteiger partial charge >= 0.3 is 0 Å². The minimum atomic E-state index is -0.704. The molecule has 204 valence electrons. The first kappa shape index (κ1) is 27.1. The number of amides is 1. The van der Waals surface area contributed by atoms with Crippen LogP contribution >= 0.6 is 0 Å². The highest BCUT2D eigenvalue weighted by Gasteiger charge is 2.19. The van der Waals surface area contributed by atoms with E-state index in [0.29, 0.717) is 22.2 Å². The first-order chi connectivity index (χ1) is 19.2. The molecule has 0 atom stereocenters. The Morgan fingerprint density at radius 3 is 2.35 bits per heavy atom. The topological polar surface area (TPSA) is 113 Å². The van der Waals surface area contributed by atoms with E-state index in [4.69, 9.17) is 5.73 Å². The summed E-state index contributed by atoms with van der Waals surface area (Å²) in [4.78, 5) is 34.4. The van der Waals surface area contributed by atoms with Gasteiger partial charge in [-0.1, -0.05) is 11.8 Å². The van der Waals surface area contributed by atoms with Crippen LogP contribution in [0.1, 0.15) is 38.4 Å². The molecule has 0 radical (unpaired) electrons. The Hall–Kier alpha value is -4.53. The average molecular weight is 543 g/mol. The van der Waals surface area contributed by atoms with Crippen molar-refractivity contribution in [1.82, 2.24) is 29.7 Å². The number of carbonyl (C=O) groups is 1. The molecule has 1 aromatic carbocycles. The summed E-state index contributed by atoms with van der Waals surface area (Å²) in [5.74, 6) is 4.25. The Balaban J connectivity index is 1.33. The van der Waals surface area contributed by atoms with Crippen molar-refractivity contribution in [2.45, 2.75) is 20.4 Å². The van der Waals surface area contributed by atoms with E-state index in [9.17, 15) is 13.6 Å². The maximum Gasteiger partial charge on any atom is 0.257 e. The third-order valence-electron chi connectivity index (χ3n) is 6.86. The van der Waals surface area contributed by atoms with Gasteiger partial charge in [0.1, 0.15) is 22.7 Å². The third kappa shape index (κ3) is 5.88. The zero-order chi connectivity index (χ0) is 28.4. The van der Waals surface area contributed by atoms with Crippen molar-refractivity contribution >= 4 is 28.4 Å². The molecular weight excluding hydrogens is 514 g/mol. The van der Waals surface area contributed by atoms with E-state index in [1.54, 1.807) is 0 Å². The van der Waals surface area contributed by atoms with Crippen LogP contribution in [0.25, 0.3) is 11.0 Å². The SMILES string of the molecule is Cc1nc2c(C#Cc3cncc(C(=O)Nc4cc(F)c(CN5CCN(C)CC5)c(F)c4)c3)cnc(N)c2nc1C. The molecule has 3 N–H and O–H groups in total. The smallest absolute Gasteiger partial charge is 0.257 e. The molecule has 0 bridgehead atoms. The highest BCUT2D eigenvalue weighted by atomic mass is 19.1. The van der Waals surface area contributed by atoms with Gasteiger partial charge in [0, 0.05) is 68.1 Å². The standard InChI is InChI=1S/C29H28F2N8O/c1-17-18(2)36-27-26(35-17)20(15-34-28(27)32)5-4-19-10-21(14-33-13-19)29(40)37-22-11-24(30)23(25(31)12-22)16-39-8-6-38(3)7-9-39/h10-15H,6-9,16H2,1-3H3,(H2,32,34)(H,37,40). The number of hydrogen-bond donors (Lipinski definition) is 2. The summed E-state index contributed by atoms with van der Waals surface area (Å²) < 4.78 is 29.6. The Labute approximate surface area is 230 Å². The molecule has 40 heavy (non-hydrogen) atoms. The lowest BCUT2D eigenvalue weighted by Crippen LogP contribution is -2.44. The summed E-state index contributed by atoms with van der Waals surface area (Å²) in [6, 6.07) is 3.80. The van der Waals surface area contributed by atoms with Crippen LogP contribution in [0.4, 0.5) is 20.3 Å². The third-order valence-corrected chi connectivity index (χ3v) is 6.86. The Morgan fingerprint density at radius 2 is 1.65 bits per heavy atom. The number of nitrogens with zero attached hydrogens (tertiary/aromatic N) is 6. The minimum absolute atomic E-state index is 0.0128. The number of anilines is 2. The maximum atomic E-state index is 14.8. The lowest BCUT2D eigenvalue weighted by Gasteiger charge is -2.32. The maximum absolute atomic E-state index is 14.8. The van der Waals surface area contributed by atoms with E-state index in [2.05, 4.69) is 42.0 Å². The Morgan fingerprint density at radius 1 is 0.975 bits per heavy atom. The molecule has 0 spiro atoms. The number of aryl methyl sites for hydroxylation is 2. The van der Waals surface area contributed by atoms with Gasteiger partial charge in [-0.3, -0.25) is 14.7 Å². The van der Waals surface area contributed by atoms with Crippen LogP contribution in [0, 0.1) is 37.3 Å². The van der Waals surface area contributed by atoms with Crippen LogP contribution in [0.5, 0.6) is 0 Å². The van der Waals surface area contributed by atoms with Crippen LogP contribution in [-0.4, -0.2) is 68.9 Å². The molecule has 4 heterocycles. The predicted octanol–water partition coefficient (Wildman–Crippen LogP) is 3.30. The fourth-order valence-corrected chi connectivity index (χ4v) is 4.35.